The first kappa shape index (κ1) is 23.5. The van der Waals surface area contributed by atoms with Crippen molar-refractivity contribution in [2.75, 3.05) is 51.9 Å². The van der Waals surface area contributed by atoms with E-state index in [9.17, 15) is 5.11 Å². The van der Waals surface area contributed by atoms with Gasteiger partial charge in [0.05, 0.1) is 44.9 Å². The van der Waals surface area contributed by atoms with Crippen LogP contribution in [0.5, 0.6) is 5.88 Å². The number of aliphatic hydroxyl groups is 1. The molecule has 3 heterocycles. The normalized spacial score (nSPS) is 21.4. The van der Waals surface area contributed by atoms with Gasteiger partial charge in [-0.2, -0.15) is 0 Å². The van der Waals surface area contributed by atoms with Gasteiger partial charge in [0.1, 0.15) is 0 Å². The van der Waals surface area contributed by atoms with Crippen molar-refractivity contribution in [2.24, 2.45) is 5.92 Å². The van der Waals surface area contributed by atoms with E-state index in [1.807, 2.05) is 19.9 Å². The van der Waals surface area contributed by atoms with Crippen molar-refractivity contribution in [3.05, 3.63) is 29.1 Å². The Morgan fingerprint density at radius 2 is 2.23 bits per heavy atom. The van der Waals surface area contributed by atoms with Crippen LogP contribution in [-0.4, -0.2) is 73.6 Å². The average molecular weight is 433 g/mol. The fraction of sp³-hybridized carbons (Fsp3) is 0.652. The van der Waals surface area contributed by atoms with Gasteiger partial charge in [-0.1, -0.05) is 0 Å². The number of piperidine rings is 1. The number of aryl methyl sites for hydroxylation is 1. The van der Waals surface area contributed by atoms with Gasteiger partial charge in [0.25, 0.3) is 0 Å². The molecule has 1 fully saturated rings. The molecule has 0 aliphatic carbocycles. The maximum Gasteiger partial charge on any atom is 0.216 e. The third-order valence-corrected chi connectivity index (χ3v) is 5.74. The van der Waals surface area contributed by atoms with Crippen LogP contribution in [0.2, 0.25) is 0 Å². The van der Waals surface area contributed by atoms with Gasteiger partial charge in [-0.3, -0.25) is 5.41 Å². The highest BCUT2D eigenvalue weighted by Crippen LogP contribution is 2.25. The molecule has 172 valence electrons. The quantitative estimate of drug-likeness (QED) is 0.429. The van der Waals surface area contributed by atoms with Crippen LogP contribution in [0.15, 0.2) is 23.5 Å². The molecule has 31 heavy (non-hydrogen) atoms. The molecule has 8 heteroatoms. The number of anilines is 1. The van der Waals surface area contributed by atoms with Crippen LogP contribution >= 0.6 is 0 Å². The van der Waals surface area contributed by atoms with Gasteiger partial charge >= 0.3 is 0 Å². The highest BCUT2D eigenvalue weighted by atomic mass is 16.5. The summed E-state index contributed by atoms with van der Waals surface area (Å²) in [6.45, 7) is 8.11. The zero-order chi connectivity index (χ0) is 22.2. The molecule has 2 aliphatic heterocycles. The van der Waals surface area contributed by atoms with Crippen LogP contribution < -0.4 is 10.1 Å². The number of ether oxygens (including phenoxy) is 3. The first-order valence-corrected chi connectivity index (χ1v) is 11.2. The lowest BCUT2D eigenvalue weighted by Crippen LogP contribution is -2.41. The van der Waals surface area contributed by atoms with Crippen molar-refractivity contribution in [1.82, 2.24) is 9.88 Å². The Bertz CT molecular complexity index is 781. The Hall–Kier alpha value is -2.16. The topological polar surface area (TPSA) is 99.9 Å². The van der Waals surface area contributed by atoms with Crippen LogP contribution in [0, 0.1) is 18.3 Å². The lowest BCUT2D eigenvalue weighted by molar-refractivity contribution is 0.0775. The molecule has 0 spiro atoms. The minimum absolute atomic E-state index is 0.221. The molecule has 1 unspecified atom stereocenters. The van der Waals surface area contributed by atoms with Gasteiger partial charge in [0.15, 0.2) is 0 Å². The smallest absolute Gasteiger partial charge is 0.216 e. The van der Waals surface area contributed by atoms with E-state index in [1.165, 1.54) is 0 Å². The number of nitrogens with one attached hydrogen (secondary N) is 2. The van der Waals surface area contributed by atoms with E-state index in [-0.39, 0.29) is 12.0 Å². The second-order valence-electron chi connectivity index (χ2n) is 8.50. The predicted molar refractivity (Wildman–Crippen MR) is 121 cm³/mol. The Kier molecular flexibility index (Phi) is 8.69. The molecule has 2 aliphatic rings. The van der Waals surface area contributed by atoms with Gasteiger partial charge in [-0.15, -0.1) is 0 Å². The van der Waals surface area contributed by atoms with Crippen molar-refractivity contribution in [1.29, 1.82) is 5.41 Å². The molecule has 1 aromatic heterocycles. The Morgan fingerprint density at radius 3 is 2.97 bits per heavy atom. The number of likely N-dealkylation sites (tertiary alicyclic amines) is 1. The van der Waals surface area contributed by atoms with Gasteiger partial charge in [-0.05, 0) is 39.3 Å². The van der Waals surface area contributed by atoms with Gasteiger partial charge < -0.3 is 29.5 Å². The Labute approximate surface area is 185 Å². The van der Waals surface area contributed by atoms with Crippen LogP contribution in [0.3, 0.4) is 0 Å². The largest absolute Gasteiger partial charge is 0.481 e. The number of β-amino-alcohol motifs (C(OH)–C–C–N with tert-alkyl or cyclic N) is 1. The molecule has 3 N–H and O–H groups in total. The van der Waals surface area contributed by atoms with Crippen LogP contribution in [0.25, 0.3) is 0 Å². The maximum absolute atomic E-state index is 9.66. The van der Waals surface area contributed by atoms with Crippen LogP contribution in [0.1, 0.15) is 38.2 Å². The van der Waals surface area contributed by atoms with Crippen molar-refractivity contribution in [3.8, 4) is 5.88 Å². The summed E-state index contributed by atoms with van der Waals surface area (Å²) in [4.78, 5) is 6.62. The first-order valence-electron chi connectivity index (χ1n) is 11.2. The monoisotopic (exact) mass is 432 g/mol. The fourth-order valence-electron chi connectivity index (χ4n) is 4.27. The van der Waals surface area contributed by atoms with Crippen LogP contribution in [0.4, 0.5) is 5.69 Å². The lowest BCUT2D eigenvalue weighted by atomic mass is 9.98. The summed E-state index contributed by atoms with van der Waals surface area (Å²) in [5.74, 6) is 1.20. The second kappa shape index (κ2) is 11.5. The summed E-state index contributed by atoms with van der Waals surface area (Å²) >= 11 is 0. The highest BCUT2D eigenvalue weighted by Gasteiger charge is 2.23. The maximum atomic E-state index is 9.66. The zero-order valence-electron chi connectivity index (χ0n) is 18.9. The number of methoxy groups -OCH3 is 1. The lowest BCUT2D eigenvalue weighted by Gasteiger charge is -2.33. The van der Waals surface area contributed by atoms with Gasteiger partial charge in [0, 0.05) is 48.7 Å². The van der Waals surface area contributed by atoms with Crippen molar-refractivity contribution < 1.29 is 19.3 Å². The first-order chi connectivity index (χ1) is 15.0. The van der Waals surface area contributed by atoms with Crippen molar-refractivity contribution in [2.45, 2.75) is 45.6 Å². The Morgan fingerprint density at radius 1 is 1.42 bits per heavy atom. The summed E-state index contributed by atoms with van der Waals surface area (Å²) < 4.78 is 16.9. The summed E-state index contributed by atoms with van der Waals surface area (Å²) in [6, 6.07) is 1.99. The molecule has 1 aromatic rings. The third-order valence-electron chi connectivity index (χ3n) is 5.74. The predicted octanol–water partition coefficient (Wildman–Crippen LogP) is 2.96. The molecule has 0 amide bonds. The molecule has 0 bridgehead atoms. The van der Waals surface area contributed by atoms with E-state index < -0.39 is 0 Å². The fourth-order valence-corrected chi connectivity index (χ4v) is 4.27. The van der Waals surface area contributed by atoms with Gasteiger partial charge in [-0.25, -0.2) is 4.98 Å². The molecule has 2 atom stereocenters. The molecule has 1 saturated heterocycles. The van der Waals surface area contributed by atoms with Crippen molar-refractivity contribution in [3.63, 3.8) is 0 Å². The minimum atomic E-state index is -0.321. The highest BCUT2D eigenvalue weighted by molar-refractivity contribution is 5.92. The molecule has 3 rings (SSSR count). The number of rotatable bonds is 8. The molecule has 0 radical (unpaired) electrons. The van der Waals surface area contributed by atoms with E-state index in [1.54, 1.807) is 13.3 Å². The minimum Gasteiger partial charge on any atom is -0.481 e. The zero-order valence-corrected chi connectivity index (χ0v) is 18.9. The van der Waals surface area contributed by atoms with E-state index >= 15 is 0 Å². The average Bonchev–Trinajstić information content (AvgIpc) is 2.97. The van der Waals surface area contributed by atoms with E-state index in [0.29, 0.717) is 51.0 Å². The summed E-state index contributed by atoms with van der Waals surface area (Å²) in [6.07, 6.45) is 4.94. The third kappa shape index (κ3) is 6.92. The summed E-state index contributed by atoms with van der Waals surface area (Å²) in [5.41, 5.74) is 3.63. The standard InChI is InChI=1S/C23H36N4O4/c1-16-11-19(12-25-23(16)29-3)26-21-7-10-30-9-6-20(21)22(24)31-15-18-5-4-8-27(14-18)13-17(2)28/h11-12,17-18,24,26,28H,4-10,13-15H2,1-3H3/t17?,18-/m0/s1. The van der Waals surface area contributed by atoms with Crippen molar-refractivity contribution >= 4 is 11.6 Å². The number of aliphatic hydroxyl groups excluding tert-OH is 1. The van der Waals surface area contributed by atoms with E-state index in [4.69, 9.17) is 19.6 Å². The summed E-state index contributed by atoms with van der Waals surface area (Å²) in [5, 5.41) is 21.7. The number of hydrogen-bond donors (Lipinski definition) is 3. The molecule has 0 saturated carbocycles. The summed E-state index contributed by atoms with van der Waals surface area (Å²) in [7, 11) is 1.61. The van der Waals surface area contributed by atoms with Gasteiger partial charge in [0.2, 0.25) is 11.8 Å². The molecule has 8 nitrogen and oxygen atoms in total. The Balaban J connectivity index is 1.64. The number of aromatic nitrogens is 1. The molecular formula is C23H36N4O4. The number of nitrogens with zero attached hydrogens (tertiary/aromatic N) is 2. The van der Waals surface area contributed by atoms with Crippen LogP contribution in [-0.2, 0) is 9.47 Å². The number of hydrogen-bond acceptors (Lipinski definition) is 8. The molecular weight excluding hydrogens is 396 g/mol. The second-order valence-corrected chi connectivity index (χ2v) is 8.50. The molecule has 0 aromatic carbocycles. The number of pyridine rings is 1. The van der Waals surface area contributed by atoms with E-state index in [2.05, 4.69) is 15.2 Å². The van der Waals surface area contributed by atoms with E-state index in [0.717, 1.165) is 48.5 Å². The SMILES string of the molecule is COc1ncc(NC2=C(C(=N)OC[C@H]3CCCN(CC(C)O)C3)CCOCC2)cc1C.